The summed E-state index contributed by atoms with van der Waals surface area (Å²) < 4.78 is 19.5. The van der Waals surface area contributed by atoms with Crippen LogP contribution in [0.3, 0.4) is 0 Å². The van der Waals surface area contributed by atoms with Crippen LogP contribution in [0.25, 0.3) is 11.6 Å². The van der Waals surface area contributed by atoms with E-state index in [0.717, 1.165) is 24.3 Å². The largest absolute Gasteiger partial charge is 0.496 e. The van der Waals surface area contributed by atoms with Crippen molar-refractivity contribution in [2.24, 2.45) is 0 Å². The van der Waals surface area contributed by atoms with E-state index >= 15 is 0 Å². The van der Waals surface area contributed by atoms with E-state index in [2.05, 4.69) is 11.0 Å². The van der Waals surface area contributed by atoms with Gasteiger partial charge in [0.15, 0.2) is 0 Å². The molecule has 1 saturated heterocycles. The summed E-state index contributed by atoms with van der Waals surface area (Å²) in [7, 11) is 1.61. The normalized spacial score (nSPS) is 14.9. The number of ether oxygens (including phenoxy) is 1. The lowest BCUT2D eigenvalue weighted by atomic mass is 10.0. The molecule has 0 bridgehead atoms. The molecule has 3 rings (SSSR count). The number of methoxy groups -OCH3 is 1. The minimum absolute atomic E-state index is 0.280. The average Bonchev–Trinajstić information content (AvgIpc) is 2.67. The fraction of sp³-hybridized carbons (Fsp3) is 0.286. The number of nitrogens with zero attached hydrogens (tertiary/aromatic N) is 2. The predicted molar refractivity (Wildman–Crippen MR) is 98.9 cm³/mol. The van der Waals surface area contributed by atoms with E-state index in [1.165, 1.54) is 25.3 Å². The third kappa shape index (κ3) is 3.83. The Morgan fingerprint density at radius 2 is 1.92 bits per heavy atom. The molecule has 1 fully saturated rings. The van der Waals surface area contributed by atoms with E-state index in [4.69, 9.17) is 4.74 Å². The van der Waals surface area contributed by atoms with E-state index in [0.29, 0.717) is 11.3 Å². The van der Waals surface area contributed by atoms with Crippen LogP contribution in [0.15, 0.2) is 42.5 Å². The minimum Gasteiger partial charge on any atom is -0.496 e. The lowest BCUT2D eigenvalue weighted by Crippen LogP contribution is -2.29. The van der Waals surface area contributed by atoms with Gasteiger partial charge in [0.25, 0.3) is 0 Å². The molecule has 1 heterocycles. The third-order valence-electron chi connectivity index (χ3n) is 4.52. The minimum atomic E-state index is -0.404. The van der Waals surface area contributed by atoms with Gasteiger partial charge in [-0.15, -0.1) is 0 Å². The molecule has 2 aromatic carbocycles. The monoisotopic (exact) mass is 336 g/mol. The number of rotatable bonds is 4. The highest BCUT2D eigenvalue weighted by Crippen LogP contribution is 2.31. The molecule has 1 aliphatic rings. The van der Waals surface area contributed by atoms with E-state index < -0.39 is 5.82 Å². The summed E-state index contributed by atoms with van der Waals surface area (Å²) in [6, 6.07) is 14.4. The molecule has 2 aromatic rings. The van der Waals surface area contributed by atoms with Crippen LogP contribution >= 0.6 is 0 Å². The van der Waals surface area contributed by atoms with E-state index in [1.54, 1.807) is 31.4 Å². The molecule has 0 atom stereocenters. The van der Waals surface area contributed by atoms with Gasteiger partial charge in [-0.2, -0.15) is 5.26 Å². The van der Waals surface area contributed by atoms with Gasteiger partial charge in [-0.1, -0.05) is 18.2 Å². The maximum absolute atomic E-state index is 14.0. The molecule has 0 unspecified atom stereocenters. The molecule has 0 saturated carbocycles. The number of anilines is 1. The highest BCUT2D eigenvalue weighted by molar-refractivity contribution is 5.91. The SMILES string of the molecule is COc1cc(N2CCCCC2)ccc1C=C(C#N)c1ccccc1F. The number of piperidine rings is 1. The number of nitriles is 1. The van der Waals surface area contributed by atoms with Crippen LogP contribution in [-0.2, 0) is 0 Å². The van der Waals surface area contributed by atoms with E-state index in [-0.39, 0.29) is 5.57 Å². The van der Waals surface area contributed by atoms with Gasteiger partial charge in [-0.25, -0.2) is 4.39 Å². The maximum Gasteiger partial charge on any atom is 0.131 e. The Balaban J connectivity index is 1.96. The van der Waals surface area contributed by atoms with Crippen molar-refractivity contribution in [3.8, 4) is 11.8 Å². The standard InChI is InChI=1S/C21H21FN2O/c1-25-21-14-18(24-11-5-2-6-12-24)10-9-16(21)13-17(15-23)19-7-3-4-8-20(19)22/h3-4,7-10,13-14H,2,5-6,11-12H2,1H3. The maximum atomic E-state index is 14.0. The Labute approximate surface area is 148 Å². The van der Waals surface area contributed by atoms with Crippen LogP contribution in [0, 0.1) is 17.1 Å². The Hall–Kier alpha value is -2.80. The van der Waals surface area contributed by atoms with Gasteiger partial charge in [0, 0.05) is 36.0 Å². The lowest BCUT2D eigenvalue weighted by Gasteiger charge is -2.29. The summed E-state index contributed by atoms with van der Waals surface area (Å²) in [5.41, 5.74) is 2.47. The van der Waals surface area contributed by atoms with Crippen molar-refractivity contribution < 1.29 is 9.13 Å². The van der Waals surface area contributed by atoms with Gasteiger partial charge >= 0.3 is 0 Å². The number of hydrogen-bond acceptors (Lipinski definition) is 3. The molecule has 4 heteroatoms. The van der Waals surface area contributed by atoms with Crippen molar-refractivity contribution in [2.75, 3.05) is 25.1 Å². The fourth-order valence-corrected chi connectivity index (χ4v) is 3.17. The second kappa shape index (κ2) is 7.85. The summed E-state index contributed by atoms with van der Waals surface area (Å²) in [6.07, 6.45) is 5.37. The second-order valence-electron chi connectivity index (χ2n) is 6.12. The summed E-state index contributed by atoms with van der Waals surface area (Å²) in [5.74, 6) is 0.284. The zero-order valence-electron chi connectivity index (χ0n) is 14.3. The molecule has 0 aliphatic carbocycles. The molecule has 0 spiro atoms. The molecular formula is C21H21FN2O. The van der Waals surface area contributed by atoms with E-state index in [1.807, 2.05) is 18.2 Å². The first kappa shape index (κ1) is 17.0. The molecule has 3 nitrogen and oxygen atoms in total. The fourth-order valence-electron chi connectivity index (χ4n) is 3.17. The topological polar surface area (TPSA) is 36.3 Å². The average molecular weight is 336 g/mol. The molecule has 0 radical (unpaired) electrons. The Morgan fingerprint density at radius 3 is 2.60 bits per heavy atom. The van der Waals surface area contributed by atoms with Crippen molar-refractivity contribution >= 4 is 17.3 Å². The zero-order chi connectivity index (χ0) is 17.6. The first-order chi connectivity index (χ1) is 12.2. The molecular weight excluding hydrogens is 315 g/mol. The van der Waals surface area contributed by atoms with Crippen LogP contribution in [0.2, 0.25) is 0 Å². The predicted octanol–water partition coefficient (Wildman–Crippen LogP) is 4.89. The van der Waals surface area contributed by atoms with Crippen molar-refractivity contribution in [3.05, 3.63) is 59.4 Å². The van der Waals surface area contributed by atoms with Crippen molar-refractivity contribution in [2.45, 2.75) is 19.3 Å². The van der Waals surface area contributed by atoms with Gasteiger partial charge < -0.3 is 9.64 Å². The van der Waals surface area contributed by atoms with Gasteiger partial charge in [-0.05, 0) is 43.5 Å². The molecule has 128 valence electrons. The zero-order valence-corrected chi connectivity index (χ0v) is 14.3. The first-order valence-electron chi connectivity index (χ1n) is 8.52. The van der Waals surface area contributed by atoms with E-state index in [9.17, 15) is 9.65 Å². The highest BCUT2D eigenvalue weighted by atomic mass is 19.1. The van der Waals surface area contributed by atoms with Crippen molar-refractivity contribution in [3.63, 3.8) is 0 Å². The van der Waals surface area contributed by atoms with Gasteiger partial charge in [-0.3, -0.25) is 0 Å². The Bertz CT molecular complexity index is 817. The number of hydrogen-bond donors (Lipinski definition) is 0. The Morgan fingerprint density at radius 1 is 1.16 bits per heavy atom. The summed E-state index contributed by atoms with van der Waals surface area (Å²) in [4.78, 5) is 2.35. The number of halogens is 1. The summed E-state index contributed by atoms with van der Waals surface area (Å²) >= 11 is 0. The van der Waals surface area contributed by atoms with Crippen LogP contribution in [-0.4, -0.2) is 20.2 Å². The summed E-state index contributed by atoms with van der Waals surface area (Å²) in [6.45, 7) is 2.11. The third-order valence-corrected chi connectivity index (χ3v) is 4.52. The first-order valence-corrected chi connectivity index (χ1v) is 8.52. The van der Waals surface area contributed by atoms with Crippen molar-refractivity contribution in [1.29, 1.82) is 5.26 Å². The molecule has 1 aliphatic heterocycles. The number of benzene rings is 2. The van der Waals surface area contributed by atoms with Crippen LogP contribution in [0.1, 0.15) is 30.4 Å². The van der Waals surface area contributed by atoms with Crippen LogP contribution in [0.4, 0.5) is 10.1 Å². The van der Waals surface area contributed by atoms with Crippen LogP contribution in [0.5, 0.6) is 5.75 Å². The Kier molecular flexibility index (Phi) is 5.35. The molecule has 25 heavy (non-hydrogen) atoms. The van der Waals surface area contributed by atoms with Gasteiger partial charge in [0.2, 0.25) is 0 Å². The summed E-state index contributed by atoms with van der Waals surface area (Å²) in [5, 5.41) is 9.45. The molecule has 0 aromatic heterocycles. The van der Waals surface area contributed by atoms with Crippen LogP contribution < -0.4 is 9.64 Å². The molecule has 0 N–H and O–H groups in total. The molecule has 0 amide bonds. The second-order valence-corrected chi connectivity index (χ2v) is 6.12. The van der Waals surface area contributed by atoms with Gasteiger partial charge in [0.1, 0.15) is 11.6 Å². The van der Waals surface area contributed by atoms with Crippen molar-refractivity contribution in [1.82, 2.24) is 0 Å². The van der Waals surface area contributed by atoms with Gasteiger partial charge in [0.05, 0.1) is 18.8 Å². The quantitative estimate of drug-likeness (QED) is 0.589. The number of allylic oxidation sites excluding steroid dienone is 1. The lowest BCUT2D eigenvalue weighted by molar-refractivity contribution is 0.413. The smallest absolute Gasteiger partial charge is 0.131 e. The highest BCUT2D eigenvalue weighted by Gasteiger charge is 2.14.